The van der Waals surface area contributed by atoms with Crippen LogP contribution in [0, 0.1) is 13.8 Å². The van der Waals surface area contributed by atoms with Crippen LogP contribution in [0.5, 0.6) is 5.75 Å². The molecule has 0 radical (unpaired) electrons. The van der Waals surface area contributed by atoms with Crippen molar-refractivity contribution < 1.29 is 32.6 Å². The highest BCUT2D eigenvalue weighted by atomic mass is 32.2. The summed E-state index contributed by atoms with van der Waals surface area (Å²) in [4.78, 5) is 37.4. The predicted molar refractivity (Wildman–Crippen MR) is 106 cm³/mol. The number of thioether (sulfide) groups is 1. The molecule has 1 aromatic carbocycles. The summed E-state index contributed by atoms with van der Waals surface area (Å²) in [7, 11) is 0. The molecule has 0 unspecified atom stereocenters. The van der Waals surface area contributed by atoms with E-state index in [-0.39, 0.29) is 24.0 Å². The Labute approximate surface area is 175 Å². The molecule has 1 fully saturated rings. The molecule has 1 aliphatic rings. The maximum atomic E-state index is 12.6. The number of rotatable bonds is 8. The monoisotopic (exact) mass is 438 g/mol. The third-order valence-corrected chi connectivity index (χ3v) is 5.51. The van der Waals surface area contributed by atoms with Crippen molar-refractivity contribution in [2.24, 2.45) is 0 Å². The summed E-state index contributed by atoms with van der Waals surface area (Å²) in [5.74, 6) is -0.325. The van der Waals surface area contributed by atoms with Gasteiger partial charge in [-0.1, -0.05) is 0 Å². The number of amides is 1. The van der Waals surface area contributed by atoms with Gasteiger partial charge in [0.15, 0.2) is 6.61 Å². The molecular weight excluding hydrogens is 418 g/mol. The van der Waals surface area contributed by atoms with Gasteiger partial charge in [0, 0.05) is 22.6 Å². The Balaban J connectivity index is 1.66. The number of carbonyl (C=O) groups is 3. The zero-order valence-corrected chi connectivity index (χ0v) is 17.2. The molecule has 0 N–H and O–H groups in total. The Morgan fingerprint density at radius 2 is 1.90 bits per heavy atom. The Morgan fingerprint density at radius 3 is 2.50 bits per heavy atom. The second-order valence-electron chi connectivity index (χ2n) is 6.65. The Morgan fingerprint density at radius 1 is 1.20 bits per heavy atom. The van der Waals surface area contributed by atoms with E-state index in [4.69, 9.17) is 4.74 Å². The first-order valence-electron chi connectivity index (χ1n) is 9.05. The van der Waals surface area contributed by atoms with E-state index < -0.39 is 19.2 Å². The molecule has 1 amide bonds. The number of ether oxygens (including phenoxy) is 2. The highest BCUT2D eigenvalue weighted by molar-refractivity contribution is 8.00. The van der Waals surface area contributed by atoms with Crippen LogP contribution >= 0.6 is 11.8 Å². The van der Waals surface area contributed by atoms with E-state index in [0.29, 0.717) is 28.6 Å². The molecule has 160 valence electrons. The van der Waals surface area contributed by atoms with E-state index in [0.717, 1.165) is 5.69 Å². The van der Waals surface area contributed by atoms with Crippen LogP contribution in [0.25, 0.3) is 5.69 Å². The molecule has 30 heavy (non-hydrogen) atoms. The molecule has 10 heteroatoms. The predicted octanol–water partition coefficient (Wildman–Crippen LogP) is 2.95. The molecule has 0 aliphatic carbocycles. The van der Waals surface area contributed by atoms with Gasteiger partial charge in [0.25, 0.3) is 0 Å². The summed E-state index contributed by atoms with van der Waals surface area (Å²) in [5, 5.41) is 0. The quantitative estimate of drug-likeness (QED) is 0.466. The SMILES string of the molecule is Cc1cc(C(=O)COC(=O)CN2CSCC2=O)c(C)n1-c1ccc(OC(F)F)cc1. The lowest BCUT2D eigenvalue weighted by Crippen LogP contribution is -2.33. The zero-order chi connectivity index (χ0) is 21.8. The molecular formula is C20H20F2N2O5S. The molecule has 2 heterocycles. The van der Waals surface area contributed by atoms with E-state index in [9.17, 15) is 23.2 Å². The summed E-state index contributed by atoms with van der Waals surface area (Å²) < 4.78 is 35.8. The van der Waals surface area contributed by atoms with Crippen molar-refractivity contribution in [2.75, 3.05) is 24.8 Å². The van der Waals surface area contributed by atoms with Gasteiger partial charge in [-0.05, 0) is 44.2 Å². The van der Waals surface area contributed by atoms with Gasteiger partial charge in [0.2, 0.25) is 11.7 Å². The molecule has 2 aromatic rings. The third kappa shape index (κ3) is 4.99. The van der Waals surface area contributed by atoms with Crippen molar-refractivity contribution in [3.05, 3.63) is 47.3 Å². The fourth-order valence-corrected chi connectivity index (χ4v) is 4.09. The lowest BCUT2D eigenvalue weighted by Gasteiger charge is -2.13. The van der Waals surface area contributed by atoms with Crippen molar-refractivity contribution in [2.45, 2.75) is 20.5 Å². The number of ketones is 1. The topological polar surface area (TPSA) is 77.8 Å². The summed E-state index contributed by atoms with van der Waals surface area (Å²) in [5.41, 5.74) is 2.44. The molecule has 0 atom stereocenters. The second-order valence-corrected chi connectivity index (χ2v) is 7.60. The van der Waals surface area contributed by atoms with Gasteiger partial charge < -0.3 is 18.9 Å². The maximum Gasteiger partial charge on any atom is 0.387 e. The summed E-state index contributed by atoms with van der Waals surface area (Å²) in [6.07, 6.45) is 0. The molecule has 7 nitrogen and oxygen atoms in total. The van der Waals surface area contributed by atoms with Gasteiger partial charge in [-0.3, -0.25) is 14.4 Å². The van der Waals surface area contributed by atoms with Crippen LogP contribution in [0.2, 0.25) is 0 Å². The molecule has 1 saturated heterocycles. The van der Waals surface area contributed by atoms with E-state index in [1.54, 1.807) is 36.6 Å². The molecule has 0 saturated carbocycles. The number of Topliss-reactive ketones (excluding diaryl/α,β-unsaturated/α-hetero) is 1. The minimum absolute atomic E-state index is 0.0364. The van der Waals surface area contributed by atoms with Crippen molar-refractivity contribution in [1.29, 1.82) is 0 Å². The molecule has 3 rings (SSSR count). The van der Waals surface area contributed by atoms with Crippen molar-refractivity contribution in [3.63, 3.8) is 0 Å². The van der Waals surface area contributed by atoms with Crippen LogP contribution in [0.15, 0.2) is 30.3 Å². The van der Waals surface area contributed by atoms with Crippen LogP contribution in [0.1, 0.15) is 21.7 Å². The van der Waals surface area contributed by atoms with E-state index in [1.165, 1.54) is 28.8 Å². The smallest absolute Gasteiger partial charge is 0.387 e. The minimum atomic E-state index is -2.90. The highest BCUT2D eigenvalue weighted by Crippen LogP contribution is 2.24. The third-order valence-electron chi connectivity index (χ3n) is 4.56. The first-order valence-corrected chi connectivity index (χ1v) is 10.2. The van der Waals surface area contributed by atoms with E-state index >= 15 is 0 Å². The Bertz CT molecular complexity index is 959. The van der Waals surface area contributed by atoms with Crippen LogP contribution < -0.4 is 4.74 Å². The number of benzene rings is 1. The minimum Gasteiger partial charge on any atom is -0.456 e. The number of aromatic nitrogens is 1. The first kappa shape index (κ1) is 21.8. The highest BCUT2D eigenvalue weighted by Gasteiger charge is 2.24. The van der Waals surface area contributed by atoms with Gasteiger partial charge in [0.1, 0.15) is 12.3 Å². The number of esters is 1. The van der Waals surface area contributed by atoms with Crippen molar-refractivity contribution in [3.8, 4) is 11.4 Å². The average Bonchev–Trinajstić information content (AvgIpc) is 3.22. The lowest BCUT2D eigenvalue weighted by molar-refractivity contribution is -0.146. The lowest BCUT2D eigenvalue weighted by atomic mass is 10.1. The maximum absolute atomic E-state index is 12.6. The normalized spacial score (nSPS) is 13.8. The Kier molecular flexibility index (Phi) is 6.76. The fraction of sp³-hybridized carbons (Fsp3) is 0.350. The van der Waals surface area contributed by atoms with Gasteiger partial charge in [-0.2, -0.15) is 8.78 Å². The van der Waals surface area contributed by atoms with Crippen LogP contribution in [-0.2, 0) is 14.3 Å². The summed E-state index contributed by atoms with van der Waals surface area (Å²) >= 11 is 1.42. The molecule has 1 aromatic heterocycles. The molecule has 0 spiro atoms. The number of halogens is 2. The fourth-order valence-electron chi connectivity index (χ4n) is 3.18. The van der Waals surface area contributed by atoms with Crippen molar-refractivity contribution in [1.82, 2.24) is 9.47 Å². The number of hydrogen-bond donors (Lipinski definition) is 0. The summed E-state index contributed by atoms with van der Waals surface area (Å²) in [6.45, 7) is 0.0343. The zero-order valence-electron chi connectivity index (χ0n) is 16.4. The summed E-state index contributed by atoms with van der Waals surface area (Å²) in [6, 6.07) is 7.73. The molecule has 0 bridgehead atoms. The van der Waals surface area contributed by atoms with Crippen LogP contribution in [-0.4, -0.2) is 58.5 Å². The number of hydrogen-bond acceptors (Lipinski definition) is 6. The average molecular weight is 438 g/mol. The largest absolute Gasteiger partial charge is 0.456 e. The number of alkyl halides is 2. The number of aryl methyl sites for hydroxylation is 1. The number of nitrogens with zero attached hydrogens (tertiary/aromatic N) is 2. The van der Waals surface area contributed by atoms with Gasteiger partial charge >= 0.3 is 12.6 Å². The van der Waals surface area contributed by atoms with Crippen LogP contribution in [0.3, 0.4) is 0 Å². The molecule has 1 aliphatic heterocycles. The van der Waals surface area contributed by atoms with E-state index in [2.05, 4.69) is 4.74 Å². The standard InChI is InChI=1S/C20H20F2N2O5S/c1-12-7-16(17(25)9-28-19(27)8-23-11-30-10-18(23)26)13(2)24(12)14-3-5-15(6-4-14)29-20(21)22/h3-7,20H,8-11H2,1-2H3. The van der Waals surface area contributed by atoms with Gasteiger partial charge in [-0.25, -0.2) is 0 Å². The van der Waals surface area contributed by atoms with Crippen molar-refractivity contribution >= 4 is 29.4 Å². The van der Waals surface area contributed by atoms with Gasteiger partial charge in [-0.15, -0.1) is 11.8 Å². The number of carbonyl (C=O) groups excluding carboxylic acids is 3. The Hall–Kier alpha value is -2.88. The van der Waals surface area contributed by atoms with Gasteiger partial charge in [0.05, 0.1) is 11.6 Å². The second kappa shape index (κ2) is 9.29. The first-order chi connectivity index (χ1) is 14.3. The van der Waals surface area contributed by atoms with Crippen LogP contribution in [0.4, 0.5) is 8.78 Å². The van der Waals surface area contributed by atoms with E-state index in [1.807, 2.05) is 0 Å².